The Morgan fingerprint density at radius 1 is 1.19 bits per heavy atom. The second-order valence-electron chi connectivity index (χ2n) is 5.55. The van der Waals surface area contributed by atoms with Crippen molar-refractivity contribution in [1.82, 2.24) is 20.4 Å². The topological polar surface area (TPSA) is 102 Å². The minimum atomic E-state index is -0.276. The number of anilines is 2. The van der Waals surface area contributed by atoms with Crippen LogP contribution in [0.15, 0.2) is 47.2 Å². The van der Waals surface area contributed by atoms with Gasteiger partial charge in [0.15, 0.2) is 5.82 Å². The fourth-order valence-electron chi connectivity index (χ4n) is 2.42. The van der Waals surface area contributed by atoms with Crippen molar-refractivity contribution in [2.45, 2.75) is 13.3 Å². The van der Waals surface area contributed by atoms with E-state index < -0.39 is 0 Å². The van der Waals surface area contributed by atoms with Crippen molar-refractivity contribution in [3.63, 3.8) is 0 Å². The lowest BCUT2D eigenvalue weighted by atomic mass is 10.1. The third kappa shape index (κ3) is 4.35. The van der Waals surface area contributed by atoms with E-state index >= 15 is 0 Å². The zero-order valence-electron chi connectivity index (χ0n) is 14.5. The minimum Gasteiger partial charge on any atom is -0.496 e. The number of para-hydroxylation sites is 1. The van der Waals surface area contributed by atoms with E-state index in [2.05, 4.69) is 25.8 Å². The van der Waals surface area contributed by atoms with E-state index in [1.54, 1.807) is 26.2 Å². The smallest absolute Gasteiger partial charge is 0.270 e. The lowest BCUT2D eigenvalue weighted by Gasteiger charge is -2.09. The highest BCUT2D eigenvalue weighted by atomic mass is 16.5. The van der Waals surface area contributed by atoms with E-state index in [0.717, 1.165) is 11.3 Å². The van der Waals surface area contributed by atoms with E-state index in [4.69, 9.17) is 9.26 Å². The highest BCUT2D eigenvalue weighted by Crippen LogP contribution is 2.17. The maximum atomic E-state index is 12.3. The van der Waals surface area contributed by atoms with Crippen molar-refractivity contribution in [3.8, 4) is 5.75 Å². The van der Waals surface area contributed by atoms with Gasteiger partial charge in [-0.3, -0.25) is 4.79 Å². The first-order chi connectivity index (χ1) is 12.7. The molecule has 26 heavy (non-hydrogen) atoms. The Morgan fingerprint density at radius 2 is 2.04 bits per heavy atom. The van der Waals surface area contributed by atoms with Crippen LogP contribution in [0.5, 0.6) is 5.75 Å². The number of ether oxygens (including phenoxy) is 1. The summed E-state index contributed by atoms with van der Waals surface area (Å²) in [6.45, 7) is 2.26. The van der Waals surface area contributed by atoms with Crippen molar-refractivity contribution in [1.29, 1.82) is 0 Å². The van der Waals surface area contributed by atoms with Gasteiger partial charge < -0.3 is 19.9 Å². The number of nitrogens with one attached hydrogen (secondary N) is 2. The van der Waals surface area contributed by atoms with Crippen molar-refractivity contribution >= 4 is 17.5 Å². The Balaban J connectivity index is 1.58. The minimum absolute atomic E-state index is 0.266. The third-order valence-electron chi connectivity index (χ3n) is 3.66. The number of aromatic nitrogens is 3. The number of carbonyl (C=O) groups is 1. The van der Waals surface area contributed by atoms with E-state index in [1.807, 2.05) is 24.3 Å². The Hall–Kier alpha value is -3.42. The Bertz CT molecular complexity index is 894. The molecule has 8 heteroatoms. The zero-order chi connectivity index (χ0) is 18.4. The van der Waals surface area contributed by atoms with Crippen molar-refractivity contribution < 1.29 is 14.1 Å². The maximum absolute atomic E-state index is 12.3. The molecule has 2 N–H and O–H groups in total. The molecule has 0 saturated carbocycles. The standard InChI is InChI=1S/C18H19N5O3/c1-12-9-17(23-26-12)22-16-10-14(20-11-21-16)18(24)19-8-7-13-5-3-4-6-15(13)25-2/h3-6,9-11H,7-8H2,1-2H3,(H,19,24)(H,20,21,22,23). The zero-order valence-corrected chi connectivity index (χ0v) is 14.5. The van der Waals surface area contributed by atoms with Gasteiger partial charge in [-0.05, 0) is 25.0 Å². The van der Waals surface area contributed by atoms with Crippen molar-refractivity contribution in [3.05, 3.63) is 59.7 Å². The Kier molecular flexibility index (Phi) is 5.43. The number of carbonyl (C=O) groups excluding carboxylic acids is 1. The molecule has 0 unspecified atom stereocenters. The average molecular weight is 353 g/mol. The molecule has 2 aromatic heterocycles. The summed E-state index contributed by atoms with van der Waals surface area (Å²) in [4.78, 5) is 20.4. The molecule has 0 spiro atoms. The van der Waals surface area contributed by atoms with Gasteiger partial charge in [-0.25, -0.2) is 9.97 Å². The summed E-state index contributed by atoms with van der Waals surface area (Å²) >= 11 is 0. The number of hydrogen-bond donors (Lipinski definition) is 2. The van der Waals surface area contributed by atoms with Crippen LogP contribution in [0.1, 0.15) is 21.8 Å². The van der Waals surface area contributed by atoms with Crippen molar-refractivity contribution in [2.24, 2.45) is 0 Å². The highest BCUT2D eigenvalue weighted by molar-refractivity contribution is 5.92. The van der Waals surface area contributed by atoms with Crippen LogP contribution in [0, 0.1) is 6.92 Å². The number of rotatable bonds is 7. The monoisotopic (exact) mass is 353 g/mol. The molecule has 0 aliphatic heterocycles. The van der Waals surface area contributed by atoms with E-state index in [0.29, 0.717) is 30.4 Å². The van der Waals surface area contributed by atoms with Crippen LogP contribution in [0.3, 0.4) is 0 Å². The molecule has 0 aliphatic rings. The largest absolute Gasteiger partial charge is 0.496 e. The van der Waals surface area contributed by atoms with Crippen LogP contribution < -0.4 is 15.4 Å². The number of hydrogen-bond acceptors (Lipinski definition) is 7. The first kappa shape index (κ1) is 17.4. The molecule has 0 atom stereocenters. The molecular weight excluding hydrogens is 334 g/mol. The van der Waals surface area contributed by atoms with Gasteiger partial charge in [0, 0.05) is 18.7 Å². The maximum Gasteiger partial charge on any atom is 0.270 e. The van der Waals surface area contributed by atoms with Crippen LogP contribution in [0.4, 0.5) is 11.6 Å². The van der Waals surface area contributed by atoms with E-state index in [9.17, 15) is 4.79 Å². The van der Waals surface area contributed by atoms with Gasteiger partial charge >= 0.3 is 0 Å². The summed E-state index contributed by atoms with van der Waals surface area (Å²) in [5.41, 5.74) is 1.30. The molecule has 0 aliphatic carbocycles. The molecule has 8 nitrogen and oxygen atoms in total. The lowest BCUT2D eigenvalue weighted by Crippen LogP contribution is -2.26. The fraction of sp³-hybridized carbons (Fsp3) is 0.222. The molecule has 0 radical (unpaired) electrons. The molecule has 3 rings (SSSR count). The summed E-state index contributed by atoms with van der Waals surface area (Å²) in [5, 5.41) is 9.64. The van der Waals surface area contributed by atoms with Gasteiger partial charge in [-0.1, -0.05) is 23.4 Å². The summed E-state index contributed by atoms with van der Waals surface area (Å²) in [7, 11) is 1.63. The van der Waals surface area contributed by atoms with Gasteiger partial charge in [-0.15, -0.1) is 0 Å². The van der Waals surface area contributed by atoms with Crippen LogP contribution >= 0.6 is 0 Å². The number of nitrogens with zero attached hydrogens (tertiary/aromatic N) is 3. The van der Waals surface area contributed by atoms with Crippen LogP contribution in [0.25, 0.3) is 0 Å². The van der Waals surface area contributed by atoms with Gasteiger partial charge in [0.1, 0.15) is 29.3 Å². The molecule has 1 amide bonds. The normalized spacial score (nSPS) is 10.4. The Labute approximate surface area is 150 Å². The quantitative estimate of drug-likeness (QED) is 0.673. The molecule has 1 aromatic carbocycles. The van der Waals surface area contributed by atoms with E-state index in [-0.39, 0.29) is 11.6 Å². The molecule has 2 heterocycles. The first-order valence-electron chi connectivity index (χ1n) is 8.08. The van der Waals surface area contributed by atoms with Gasteiger partial charge in [0.05, 0.1) is 7.11 Å². The number of methoxy groups -OCH3 is 1. The summed E-state index contributed by atoms with van der Waals surface area (Å²) < 4.78 is 10.3. The highest BCUT2D eigenvalue weighted by Gasteiger charge is 2.10. The van der Waals surface area contributed by atoms with Gasteiger partial charge in [0.25, 0.3) is 5.91 Å². The second-order valence-corrected chi connectivity index (χ2v) is 5.55. The van der Waals surface area contributed by atoms with E-state index in [1.165, 1.54) is 6.33 Å². The number of benzene rings is 1. The lowest BCUT2D eigenvalue weighted by molar-refractivity contribution is 0.0949. The number of amides is 1. The number of aryl methyl sites for hydroxylation is 1. The predicted molar refractivity (Wildman–Crippen MR) is 95.6 cm³/mol. The second kappa shape index (κ2) is 8.11. The summed E-state index contributed by atoms with van der Waals surface area (Å²) in [6.07, 6.45) is 1.98. The van der Waals surface area contributed by atoms with Crippen molar-refractivity contribution in [2.75, 3.05) is 19.0 Å². The molecule has 134 valence electrons. The van der Waals surface area contributed by atoms with Crippen LogP contribution in [-0.2, 0) is 6.42 Å². The molecule has 0 saturated heterocycles. The van der Waals surface area contributed by atoms with Gasteiger partial charge in [0.2, 0.25) is 0 Å². The van der Waals surface area contributed by atoms with Crippen LogP contribution in [0.2, 0.25) is 0 Å². The first-order valence-corrected chi connectivity index (χ1v) is 8.08. The molecule has 0 bridgehead atoms. The molecule has 3 aromatic rings. The Morgan fingerprint density at radius 3 is 2.81 bits per heavy atom. The fourth-order valence-corrected chi connectivity index (χ4v) is 2.42. The summed E-state index contributed by atoms with van der Waals surface area (Å²) in [5.74, 6) is 2.18. The van der Waals surface area contributed by atoms with Gasteiger partial charge in [-0.2, -0.15) is 0 Å². The van der Waals surface area contributed by atoms with Crippen LogP contribution in [-0.4, -0.2) is 34.7 Å². The summed E-state index contributed by atoms with van der Waals surface area (Å²) in [6, 6.07) is 11.0. The predicted octanol–water partition coefficient (Wildman–Crippen LogP) is 2.50. The SMILES string of the molecule is COc1ccccc1CCNC(=O)c1cc(Nc2cc(C)on2)ncn1. The third-order valence-corrected chi connectivity index (χ3v) is 3.66. The average Bonchev–Trinajstić information content (AvgIpc) is 3.07. The molecule has 0 fully saturated rings. The molecular formula is C18H19N5O3.